The van der Waals surface area contributed by atoms with Crippen molar-refractivity contribution in [2.75, 3.05) is 52.6 Å². The molecule has 10 nitrogen and oxygen atoms in total. The molecule has 4 rings (SSSR count). The van der Waals surface area contributed by atoms with Gasteiger partial charge in [0.25, 0.3) is 5.91 Å². The second-order valence-electron chi connectivity index (χ2n) is 9.20. The number of rotatable bonds is 12. The summed E-state index contributed by atoms with van der Waals surface area (Å²) < 4.78 is 33.2. The van der Waals surface area contributed by atoms with Crippen molar-refractivity contribution in [3.8, 4) is 22.6 Å². The molecule has 1 aliphatic rings. The molecule has 0 atom stereocenters. The highest BCUT2D eigenvalue weighted by molar-refractivity contribution is 5.90. The van der Waals surface area contributed by atoms with Gasteiger partial charge >= 0.3 is 0 Å². The second-order valence-corrected chi connectivity index (χ2v) is 9.20. The van der Waals surface area contributed by atoms with E-state index in [0.717, 1.165) is 13.1 Å². The van der Waals surface area contributed by atoms with Gasteiger partial charge in [-0.3, -0.25) is 19.3 Å². The Bertz CT molecular complexity index is 1370. The lowest BCUT2D eigenvalue weighted by molar-refractivity contribution is -0.122. The Morgan fingerprint density at radius 3 is 2.54 bits per heavy atom. The molecule has 0 radical (unpaired) electrons. The lowest BCUT2D eigenvalue weighted by atomic mass is 10.0. The van der Waals surface area contributed by atoms with Gasteiger partial charge in [-0.15, -0.1) is 0 Å². The fourth-order valence-corrected chi connectivity index (χ4v) is 4.40. The van der Waals surface area contributed by atoms with Crippen molar-refractivity contribution in [3.63, 3.8) is 0 Å². The van der Waals surface area contributed by atoms with Crippen LogP contribution >= 0.6 is 0 Å². The van der Waals surface area contributed by atoms with E-state index in [2.05, 4.69) is 10.2 Å². The second kappa shape index (κ2) is 13.2. The number of benzene rings is 2. The Morgan fingerprint density at radius 2 is 1.85 bits per heavy atom. The lowest BCUT2D eigenvalue weighted by Gasteiger charge is -2.26. The molecule has 0 bridgehead atoms. The number of hydrogen-bond donors (Lipinski definition) is 2. The van der Waals surface area contributed by atoms with Crippen LogP contribution in [0.15, 0.2) is 47.4 Å². The van der Waals surface area contributed by atoms with Crippen LogP contribution in [0.2, 0.25) is 0 Å². The van der Waals surface area contributed by atoms with Crippen molar-refractivity contribution in [2.24, 2.45) is 5.73 Å². The molecule has 0 spiro atoms. The number of primary amides is 1. The monoisotopic (exact) mass is 540 g/mol. The largest absolute Gasteiger partial charge is 0.491 e. The number of nitrogens with two attached hydrogens (primary N) is 1. The third-order valence-corrected chi connectivity index (χ3v) is 6.31. The van der Waals surface area contributed by atoms with E-state index in [9.17, 15) is 14.4 Å². The van der Waals surface area contributed by atoms with Crippen LogP contribution in [-0.4, -0.2) is 73.9 Å². The first-order valence-corrected chi connectivity index (χ1v) is 12.9. The van der Waals surface area contributed by atoms with Gasteiger partial charge in [0.2, 0.25) is 5.91 Å². The molecule has 3 aromatic rings. The van der Waals surface area contributed by atoms with E-state index in [4.69, 9.17) is 19.9 Å². The summed E-state index contributed by atoms with van der Waals surface area (Å²) >= 11 is 0. The molecule has 0 unspecified atom stereocenters. The van der Waals surface area contributed by atoms with Crippen LogP contribution in [0.1, 0.15) is 13.3 Å². The number of halogens is 1. The molecule has 39 heavy (non-hydrogen) atoms. The minimum Gasteiger partial charge on any atom is -0.491 e. The summed E-state index contributed by atoms with van der Waals surface area (Å²) in [4.78, 5) is 39.7. The van der Waals surface area contributed by atoms with Gasteiger partial charge in [-0.25, -0.2) is 4.39 Å². The van der Waals surface area contributed by atoms with Crippen molar-refractivity contribution in [1.29, 1.82) is 0 Å². The number of hydrogen-bond acceptors (Lipinski definition) is 7. The van der Waals surface area contributed by atoms with E-state index < -0.39 is 17.2 Å². The molecule has 11 heteroatoms. The number of morpholine rings is 1. The topological polar surface area (TPSA) is 125 Å². The molecular weight excluding hydrogens is 507 g/mol. The maximum Gasteiger partial charge on any atom is 0.255 e. The van der Waals surface area contributed by atoms with Gasteiger partial charge in [-0.2, -0.15) is 0 Å². The number of pyridine rings is 1. The van der Waals surface area contributed by atoms with Gasteiger partial charge in [-0.05, 0) is 36.2 Å². The van der Waals surface area contributed by atoms with Crippen LogP contribution in [0.4, 0.5) is 4.39 Å². The van der Waals surface area contributed by atoms with Crippen LogP contribution in [0.5, 0.6) is 11.5 Å². The summed E-state index contributed by atoms with van der Waals surface area (Å²) in [6, 6.07) is 9.10. The highest BCUT2D eigenvalue weighted by Gasteiger charge is 2.20. The fourth-order valence-electron chi connectivity index (χ4n) is 4.40. The SMILES string of the molecule is CCCOc1ccc(F)c2c(=O)c(-c3ccc(OCC(N)=O)cc3)cn(CC(=O)NCCN3CCOCC3)c12. The maximum atomic E-state index is 15.2. The summed E-state index contributed by atoms with van der Waals surface area (Å²) in [6.07, 6.45) is 2.26. The molecule has 2 heterocycles. The average molecular weight is 541 g/mol. The van der Waals surface area contributed by atoms with Crippen LogP contribution in [0.3, 0.4) is 0 Å². The average Bonchev–Trinajstić information content (AvgIpc) is 2.93. The number of carbonyl (C=O) groups is 2. The maximum absolute atomic E-state index is 15.2. The van der Waals surface area contributed by atoms with Crippen LogP contribution in [-0.2, 0) is 20.9 Å². The molecule has 0 aliphatic carbocycles. The molecule has 1 aromatic heterocycles. The van der Waals surface area contributed by atoms with Gasteiger partial charge in [0.15, 0.2) is 12.0 Å². The first-order valence-electron chi connectivity index (χ1n) is 12.9. The Hall–Kier alpha value is -3.96. The summed E-state index contributed by atoms with van der Waals surface area (Å²) in [7, 11) is 0. The first-order chi connectivity index (χ1) is 18.9. The predicted octanol–water partition coefficient (Wildman–Crippen LogP) is 1.91. The number of carbonyl (C=O) groups excluding carboxylic acids is 2. The van der Waals surface area contributed by atoms with Gasteiger partial charge in [0.05, 0.1) is 30.7 Å². The van der Waals surface area contributed by atoms with Crippen molar-refractivity contribution in [3.05, 3.63) is 58.6 Å². The quantitative estimate of drug-likeness (QED) is 0.360. The Morgan fingerprint density at radius 1 is 1.10 bits per heavy atom. The third kappa shape index (κ3) is 7.12. The van der Waals surface area contributed by atoms with Crippen molar-refractivity contribution >= 4 is 22.7 Å². The standard InChI is InChI=1S/C28H33FN4O6/c1-2-13-38-23-8-7-22(29)26-27(23)33(17-25(35)31-9-10-32-11-14-37-15-12-32)16-21(28(26)36)19-3-5-20(6-4-19)39-18-24(30)34/h3-8,16H,2,9-15,17-18H2,1H3,(H2,30,34)(H,31,35). The zero-order valence-corrected chi connectivity index (χ0v) is 21.9. The lowest BCUT2D eigenvalue weighted by Crippen LogP contribution is -2.41. The molecule has 1 aliphatic heterocycles. The summed E-state index contributed by atoms with van der Waals surface area (Å²) in [6.45, 7) is 5.99. The minimum absolute atomic E-state index is 0.140. The first kappa shape index (κ1) is 28.1. The van der Waals surface area contributed by atoms with E-state index in [0.29, 0.717) is 56.4 Å². The number of ether oxygens (including phenoxy) is 3. The molecule has 1 saturated heterocycles. The number of nitrogens with one attached hydrogen (secondary N) is 1. The molecular formula is C28H33FN4O6. The van der Waals surface area contributed by atoms with Crippen molar-refractivity contribution in [1.82, 2.24) is 14.8 Å². The molecule has 0 saturated carbocycles. The molecule has 2 aromatic carbocycles. The van der Waals surface area contributed by atoms with Crippen molar-refractivity contribution in [2.45, 2.75) is 19.9 Å². The summed E-state index contributed by atoms with van der Waals surface area (Å²) in [5.74, 6) is -0.882. The van der Waals surface area contributed by atoms with Gasteiger partial charge in [0.1, 0.15) is 23.9 Å². The molecule has 3 N–H and O–H groups in total. The Labute approximate surface area is 225 Å². The number of amides is 2. The number of aromatic nitrogens is 1. The fraction of sp³-hybridized carbons (Fsp3) is 0.393. The smallest absolute Gasteiger partial charge is 0.255 e. The van der Waals surface area contributed by atoms with E-state index in [-0.39, 0.29) is 35.5 Å². The van der Waals surface area contributed by atoms with Crippen LogP contribution in [0.25, 0.3) is 22.0 Å². The number of nitrogens with zero attached hydrogens (tertiary/aromatic N) is 2. The van der Waals surface area contributed by atoms with Crippen LogP contribution in [0, 0.1) is 5.82 Å². The van der Waals surface area contributed by atoms with Crippen LogP contribution < -0.4 is 26.0 Å². The molecule has 208 valence electrons. The Kier molecular flexibility index (Phi) is 9.50. The zero-order chi connectivity index (χ0) is 27.8. The van der Waals surface area contributed by atoms with E-state index >= 15 is 4.39 Å². The van der Waals surface area contributed by atoms with E-state index in [1.807, 2.05) is 6.92 Å². The predicted molar refractivity (Wildman–Crippen MR) is 144 cm³/mol. The van der Waals surface area contributed by atoms with E-state index in [1.54, 1.807) is 35.0 Å². The molecule has 2 amide bonds. The number of fused-ring (bicyclic) bond motifs is 1. The summed E-state index contributed by atoms with van der Waals surface area (Å²) in [5, 5.41) is 2.76. The highest BCUT2D eigenvalue weighted by atomic mass is 19.1. The minimum atomic E-state index is -0.705. The van der Waals surface area contributed by atoms with Gasteiger partial charge in [-0.1, -0.05) is 19.1 Å². The van der Waals surface area contributed by atoms with Gasteiger partial charge < -0.3 is 29.8 Å². The van der Waals surface area contributed by atoms with Crippen molar-refractivity contribution < 1.29 is 28.2 Å². The Balaban J connectivity index is 1.67. The van der Waals surface area contributed by atoms with Gasteiger partial charge in [0, 0.05) is 37.9 Å². The molecule has 1 fully saturated rings. The third-order valence-electron chi connectivity index (χ3n) is 6.31. The van der Waals surface area contributed by atoms with E-state index in [1.165, 1.54) is 12.1 Å². The highest BCUT2D eigenvalue weighted by Crippen LogP contribution is 2.30. The normalized spacial score (nSPS) is 13.8. The summed E-state index contributed by atoms with van der Waals surface area (Å²) in [5.41, 5.74) is 5.52. The zero-order valence-electron chi connectivity index (χ0n) is 21.9.